The van der Waals surface area contributed by atoms with Crippen LogP contribution in [0.5, 0.6) is 11.5 Å². The number of ether oxygens (including phenoxy) is 2. The van der Waals surface area contributed by atoms with Gasteiger partial charge in [-0.05, 0) is 78.8 Å². The third-order valence-electron chi connectivity index (χ3n) is 10.2. The maximum absolute atomic E-state index is 14.1. The second-order valence-corrected chi connectivity index (χ2v) is 15.4. The Balaban J connectivity index is 1.13. The van der Waals surface area contributed by atoms with E-state index in [9.17, 15) is 32.3 Å². The van der Waals surface area contributed by atoms with Crippen LogP contribution in [0.15, 0.2) is 76.6 Å². The van der Waals surface area contributed by atoms with Crippen LogP contribution in [0.3, 0.4) is 0 Å². The van der Waals surface area contributed by atoms with Crippen LogP contribution in [0.4, 0.5) is 24.5 Å². The first-order valence-electron chi connectivity index (χ1n) is 15.7. The average Bonchev–Trinajstić information content (AvgIpc) is 3.82. The zero-order valence-electron chi connectivity index (χ0n) is 26.0. The monoisotopic (exact) mass is 741 g/mol. The quantitative estimate of drug-likeness (QED) is 0.200. The summed E-state index contributed by atoms with van der Waals surface area (Å²) >= 11 is 9.02. The Morgan fingerprint density at radius 1 is 1.02 bits per heavy atom. The second-order valence-electron chi connectivity index (χ2n) is 12.7. The number of para-hydroxylation sites is 1. The van der Waals surface area contributed by atoms with E-state index in [4.69, 9.17) is 21.1 Å². The Morgan fingerprint density at radius 2 is 1.74 bits per heavy atom. The summed E-state index contributed by atoms with van der Waals surface area (Å²) in [6.45, 7) is -0.343. The molecule has 3 aromatic carbocycles. The van der Waals surface area contributed by atoms with E-state index in [0.29, 0.717) is 39.2 Å². The van der Waals surface area contributed by atoms with Crippen molar-refractivity contribution in [1.29, 1.82) is 0 Å². The lowest BCUT2D eigenvalue weighted by molar-refractivity contribution is -0.137. The first kappa shape index (κ1) is 32.9. The van der Waals surface area contributed by atoms with Crippen molar-refractivity contribution in [3.05, 3.63) is 97.4 Å². The fraction of sp³-hybridized carbons (Fsp3) is 0.314. The number of halogens is 4. The molecule has 4 aliphatic rings. The number of imide groups is 1. The van der Waals surface area contributed by atoms with E-state index in [2.05, 4.69) is 10.3 Å². The van der Waals surface area contributed by atoms with Gasteiger partial charge in [0.15, 0.2) is 6.61 Å². The number of fused-ring (bicyclic) bond motifs is 9. The number of rotatable bonds is 7. The normalized spacial score (nSPS) is 26.4. The molecule has 7 atom stereocenters. The number of anilines is 2. The maximum atomic E-state index is 14.1. The van der Waals surface area contributed by atoms with Crippen LogP contribution >= 0.6 is 34.7 Å². The van der Waals surface area contributed by atoms with E-state index in [-0.39, 0.29) is 34.5 Å². The number of nitrogens with zero attached hydrogens (tertiary/aromatic N) is 1. The van der Waals surface area contributed by atoms with Gasteiger partial charge in [0.25, 0.3) is 5.91 Å². The molecule has 50 heavy (non-hydrogen) atoms. The fourth-order valence-corrected chi connectivity index (χ4v) is 11.5. The molecule has 1 aromatic heterocycles. The molecule has 1 saturated heterocycles. The van der Waals surface area contributed by atoms with E-state index >= 15 is 0 Å². The summed E-state index contributed by atoms with van der Waals surface area (Å²) in [6, 6.07) is 16.5. The van der Waals surface area contributed by atoms with Gasteiger partial charge < -0.3 is 19.8 Å². The Morgan fingerprint density at radius 3 is 2.46 bits per heavy atom. The van der Waals surface area contributed by atoms with Crippen LogP contribution < -0.4 is 24.6 Å². The van der Waals surface area contributed by atoms with Gasteiger partial charge in [-0.25, -0.2) is 4.90 Å². The molecule has 0 radical (unpaired) electrons. The third-order valence-corrected chi connectivity index (χ3v) is 13.0. The second kappa shape index (κ2) is 12.2. The van der Waals surface area contributed by atoms with Crippen molar-refractivity contribution in [3.63, 3.8) is 0 Å². The molecule has 8 rings (SSSR count). The van der Waals surface area contributed by atoms with E-state index in [1.807, 2.05) is 0 Å². The molecule has 0 spiro atoms. The van der Waals surface area contributed by atoms with Crippen molar-refractivity contribution < 1.29 is 37.0 Å². The molecule has 2 bridgehead atoms. The number of benzene rings is 3. The first-order chi connectivity index (χ1) is 23.9. The van der Waals surface area contributed by atoms with Crippen molar-refractivity contribution >= 4 is 63.8 Å². The Kier molecular flexibility index (Phi) is 8.03. The van der Waals surface area contributed by atoms with Gasteiger partial charge in [0.1, 0.15) is 11.5 Å². The fourth-order valence-electron chi connectivity index (χ4n) is 8.42. The van der Waals surface area contributed by atoms with Crippen LogP contribution in [-0.4, -0.2) is 41.7 Å². The van der Waals surface area contributed by atoms with Gasteiger partial charge in [0.2, 0.25) is 11.8 Å². The first-order valence-corrected chi connectivity index (χ1v) is 17.8. The molecule has 258 valence electrons. The smallest absolute Gasteiger partial charge is 0.418 e. The van der Waals surface area contributed by atoms with Crippen molar-refractivity contribution in [3.8, 4) is 11.5 Å². The maximum Gasteiger partial charge on any atom is 0.418 e. The predicted molar refractivity (Wildman–Crippen MR) is 181 cm³/mol. The van der Waals surface area contributed by atoms with Crippen LogP contribution in [-0.2, 0) is 20.6 Å². The lowest BCUT2D eigenvalue weighted by Crippen LogP contribution is -2.42. The van der Waals surface area contributed by atoms with E-state index in [1.54, 1.807) is 49.6 Å². The van der Waals surface area contributed by atoms with Gasteiger partial charge in [-0.15, -0.1) is 11.8 Å². The number of alkyl halides is 3. The van der Waals surface area contributed by atoms with E-state index < -0.39 is 52.9 Å². The molecule has 3 heterocycles. The van der Waals surface area contributed by atoms with Crippen molar-refractivity contribution in [2.24, 2.45) is 29.6 Å². The zero-order valence-corrected chi connectivity index (χ0v) is 28.4. The number of thioether (sulfide) groups is 1. The van der Waals surface area contributed by atoms with Crippen LogP contribution in [0.2, 0.25) is 5.02 Å². The number of amides is 3. The van der Waals surface area contributed by atoms with Gasteiger partial charge in [-0.1, -0.05) is 35.1 Å². The summed E-state index contributed by atoms with van der Waals surface area (Å²) < 4.78 is 53.3. The standard InChI is InChI=1S/C35H27ClF3N3O6S2/c1-47-17-9-7-16(8-10-17)40-24(43)14-48-23-11-6-15(36)12-18(23)25-26-19-13-20(29(26)49-31-30(25)50-34(46)41-31)28-27(19)32(44)42(33(28)45)22-5-3-2-4-21(22)35(37,38)39/h2-12,19-20,25-29H,13-14H2,1H3,(H,40,43)(H,41,46)/t19-,20-,25-,26?,27?,28?,29?/m1/s1. The number of carbonyl (C=O) groups excluding carboxylic acids is 3. The number of hydrogen-bond acceptors (Lipinski definition) is 8. The SMILES string of the molecule is COc1ccc(NC(=O)COc2ccc(Cl)cc2[C@H]2c3sc(=O)[nH]c3SC3C2[C@H]2C[C@@H]3C3C(=O)N(c4ccccc4C(F)(F)F)C(=O)C32)cc1. The molecule has 4 aromatic rings. The molecule has 3 amide bonds. The van der Waals surface area contributed by atoms with Crippen molar-refractivity contribution in [2.45, 2.75) is 28.8 Å². The molecule has 2 N–H and O–H groups in total. The molecule has 2 aliphatic carbocycles. The average molecular weight is 742 g/mol. The minimum atomic E-state index is -4.77. The molecule has 3 fully saturated rings. The zero-order chi connectivity index (χ0) is 35.1. The van der Waals surface area contributed by atoms with Gasteiger partial charge in [-0.2, -0.15) is 13.2 Å². The highest BCUT2D eigenvalue weighted by atomic mass is 35.5. The van der Waals surface area contributed by atoms with Gasteiger partial charge in [-0.3, -0.25) is 19.2 Å². The van der Waals surface area contributed by atoms with Gasteiger partial charge >= 0.3 is 11.0 Å². The molecular weight excluding hydrogens is 715 g/mol. The molecule has 9 nitrogen and oxygen atoms in total. The van der Waals surface area contributed by atoms with Crippen molar-refractivity contribution in [2.75, 3.05) is 23.9 Å². The number of carbonyl (C=O) groups is 3. The highest BCUT2D eigenvalue weighted by Crippen LogP contribution is 2.69. The Labute approximate surface area is 296 Å². The number of methoxy groups -OCH3 is 1. The number of H-pyrrole nitrogens is 1. The van der Waals surface area contributed by atoms with Crippen LogP contribution in [0.25, 0.3) is 0 Å². The molecule has 15 heteroatoms. The number of thiazole rings is 1. The lowest BCUT2D eigenvalue weighted by atomic mass is 9.68. The molecular formula is C35H27ClF3N3O6S2. The molecule has 2 saturated carbocycles. The van der Waals surface area contributed by atoms with Gasteiger partial charge in [0.05, 0.1) is 35.2 Å². The molecule has 4 unspecified atom stereocenters. The lowest BCUT2D eigenvalue weighted by Gasteiger charge is -2.43. The minimum Gasteiger partial charge on any atom is -0.497 e. The van der Waals surface area contributed by atoms with Crippen LogP contribution in [0, 0.1) is 29.6 Å². The van der Waals surface area contributed by atoms with Gasteiger partial charge in [0, 0.05) is 32.3 Å². The summed E-state index contributed by atoms with van der Waals surface area (Å²) in [5.41, 5.74) is -0.349. The third kappa shape index (κ3) is 5.30. The number of nitrogens with one attached hydrogen (secondary N) is 2. The summed E-state index contributed by atoms with van der Waals surface area (Å²) in [4.78, 5) is 57.8. The number of hydrogen-bond donors (Lipinski definition) is 2. The predicted octanol–water partition coefficient (Wildman–Crippen LogP) is 6.81. The molecule has 2 aliphatic heterocycles. The van der Waals surface area contributed by atoms with Crippen LogP contribution in [0.1, 0.15) is 28.3 Å². The summed E-state index contributed by atoms with van der Waals surface area (Å²) in [5.74, 6) is -3.79. The summed E-state index contributed by atoms with van der Waals surface area (Å²) in [5, 5.41) is 3.57. The largest absolute Gasteiger partial charge is 0.497 e. The summed E-state index contributed by atoms with van der Waals surface area (Å²) in [6.07, 6.45) is -4.24. The van der Waals surface area contributed by atoms with E-state index in [1.165, 1.54) is 23.9 Å². The summed E-state index contributed by atoms with van der Waals surface area (Å²) in [7, 11) is 1.54. The Bertz CT molecular complexity index is 2100. The highest BCUT2D eigenvalue weighted by molar-refractivity contribution is 8.00. The minimum absolute atomic E-state index is 0.233. The van der Waals surface area contributed by atoms with Crippen molar-refractivity contribution in [1.82, 2.24) is 4.98 Å². The number of aromatic amines is 1. The highest BCUT2D eigenvalue weighted by Gasteiger charge is 2.70. The number of aromatic nitrogens is 1. The Hall–Kier alpha value is -4.27. The van der Waals surface area contributed by atoms with E-state index in [0.717, 1.165) is 33.2 Å². The topological polar surface area (TPSA) is 118 Å².